The summed E-state index contributed by atoms with van der Waals surface area (Å²) in [6, 6.07) is 1.21. The van der Waals surface area contributed by atoms with Gasteiger partial charge < -0.3 is 59.7 Å². The number of benzene rings is 1. The maximum Gasteiger partial charge on any atom is 0.490 e. The number of aliphatic hydroxyl groups is 1. The van der Waals surface area contributed by atoms with E-state index in [-0.39, 0.29) is 18.8 Å². The molecule has 0 radical (unpaired) electrons. The molecule has 3 rings (SSSR count). The molecule has 74 heavy (non-hydrogen) atoms. The molecule has 1 amide bonds. The summed E-state index contributed by atoms with van der Waals surface area (Å²) < 4.78 is 108. The zero-order valence-corrected chi connectivity index (χ0v) is 47.2. The molecule has 5 atom stereocenters. The third-order valence-electron chi connectivity index (χ3n) is 10.9. The Morgan fingerprint density at radius 1 is 0.743 bits per heavy atom. The standard InChI is InChI=1S/C18H20F4N7O14P3.4C6H15N/c19-12-11(13(20)15(22)16(14(12)21)27-28-23)17(31)25-3-2-24-9-1-4-29(18(32)26-9)10-5-7(30)8(41-10)6-40-45(36,37)43-46(38,39)42-44(33,34)35;4*1-4-7(5-2)6-3/h1,4,7-8,10,30H,2-3,5-6H2,(H,25,31)(H,36,37)(H,38,39)(H,24,26,32)(H2,33,34,35);4*4-6H2,1-3H3/t7-,8+,10+;;;;/m0..../s1. The molecule has 0 saturated carbocycles. The first-order valence-electron chi connectivity index (χ1n) is 24.2. The summed E-state index contributed by atoms with van der Waals surface area (Å²) in [4.78, 5) is 75.6. The van der Waals surface area contributed by atoms with Crippen LogP contribution < -0.4 is 16.3 Å². The number of phosphoric ester groups is 1. The topological polar surface area (TPSA) is 327 Å². The van der Waals surface area contributed by atoms with Gasteiger partial charge in [-0.2, -0.15) is 13.6 Å². The Bertz CT molecular complexity index is 2090. The number of azide groups is 1. The quantitative estimate of drug-likeness (QED) is 0.00951. The second-order valence-corrected chi connectivity index (χ2v) is 19.6. The molecule has 430 valence electrons. The minimum absolute atomic E-state index is 0.105. The number of aliphatic hydroxyl groups excluding tert-OH is 1. The highest BCUT2D eigenvalue weighted by atomic mass is 31.3. The van der Waals surface area contributed by atoms with Gasteiger partial charge in [-0.15, -0.1) is 0 Å². The van der Waals surface area contributed by atoms with Crippen molar-refractivity contribution in [1.29, 1.82) is 0 Å². The number of phosphoric acid groups is 3. The highest BCUT2D eigenvalue weighted by molar-refractivity contribution is 7.66. The van der Waals surface area contributed by atoms with Crippen LogP contribution in [0.5, 0.6) is 0 Å². The van der Waals surface area contributed by atoms with E-state index in [1.807, 2.05) is 10.2 Å². The number of anilines is 1. The minimum Gasteiger partial charge on any atom is -0.390 e. The van der Waals surface area contributed by atoms with Crippen molar-refractivity contribution in [1.82, 2.24) is 34.5 Å². The predicted octanol–water partition coefficient (Wildman–Crippen LogP) is 6.97. The van der Waals surface area contributed by atoms with E-state index in [2.05, 4.69) is 131 Å². The lowest BCUT2D eigenvalue weighted by Gasteiger charge is -2.19. The van der Waals surface area contributed by atoms with Gasteiger partial charge >= 0.3 is 29.2 Å². The van der Waals surface area contributed by atoms with E-state index in [9.17, 15) is 50.8 Å². The van der Waals surface area contributed by atoms with E-state index in [4.69, 9.17) is 24.9 Å². The first-order valence-corrected chi connectivity index (χ1v) is 28.7. The minimum atomic E-state index is -5.78. The van der Waals surface area contributed by atoms with Crippen LogP contribution in [0.4, 0.5) is 29.1 Å². The lowest BCUT2D eigenvalue weighted by molar-refractivity contribution is -0.0449. The Morgan fingerprint density at radius 3 is 1.51 bits per heavy atom. The third kappa shape index (κ3) is 28.1. The van der Waals surface area contributed by atoms with E-state index in [0.29, 0.717) is 0 Å². The summed E-state index contributed by atoms with van der Waals surface area (Å²) in [6.07, 6.45) is -3.29. The number of hydrogen-bond acceptors (Lipinski definition) is 17. The Hall–Kier alpha value is -3.43. The molecule has 2 unspecified atom stereocenters. The van der Waals surface area contributed by atoms with E-state index in [1.165, 1.54) is 84.6 Å². The summed E-state index contributed by atoms with van der Waals surface area (Å²) >= 11 is 0. The number of carbonyl (C=O) groups is 1. The fourth-order valence-electron chi connectivity index (χ4n) is 6.33. The van der Waals surface area contributed by atoms with Crippen LogP contribution in [-0.2, 0) is 31.6 Å². The molecule has 1 aromatic heterocycles. The monoisotopic (exact) mass is 1130 g/mol. The number of ether oxygens (including phenoxy) is 1. The summed E-state index contributed by atoms with van der Waals surface area (Å²) in [5.74, 6) is -10.1. The number of nitrogens with one attached hydrogen (secondary N) is 2. The Morgan fingerprint density at radius 2 is 1.16 bits per heavy atom. The number of aromatic nitrogens is 2. The fraction of sp³-hybridized carbons (Fsp3) is 0.738. The molecule has 25 nitrogen and oxygen atoms in total. The summed E-state index contributed by atoms with van der Waals surface area (Å²) in [5, 5.41) is 17.2. The molecule has 1 saturated heterocycles. The summed E-state index contributed by atoms with van der Waals surface area (Å²) in [6.45, 7) is 38.9. The number of amides is 1. The highest BCUT2D eigenvalue weighted by Crippen LogP contribution is 2.66. The SMILES string of the molecule is CCN(CC)CC.CCN(CC)CC.CCN(CC)CC.CCN(CC)CC.[N-]=[N+]=Nc1c(F)c(F)c(C(=O)NCCNc2ccn([C@H]3C[C@H](O)[C@@H](COP(=O)(O)OP(=O)(O)OP(=O)(O)O)O3)c(=O)n2)c(F)c1F. The van der Waals surface area contributed by atoms with E-state index in [0.717, 1.165) is 10.8 Å². The number of hydrogen-bond donors (Lipinski definition) is 7. The largest absolute Gasteiger partial charge is 0.490 e. The van der Waals surface area contributed by atoms with Gasteiger partial charge in [-0.25, -0.2) is 36.1 Å². The molecule has 1 aliphatic rings. The molecule has 1 aromatic carbocycles. The van der Waals surface area contributed by atoms with Crippen molar-refractivity contribution < 1.29 is 78.6 Å². The first-order chi connectivity index (χ1) is 34.6. The van der Waals surface area contributed by atoms with Crippen LogP contribution in [-0.4, -0.2) is 170 Å². The van der Waals surface area contributed by atoms with Crippen LogP contribution in [0.25, 0.3) is 10.4 Å². The molecule has 1 fully saturated rings. The number of carbonyl (C=O) groups excluding carboxylic acids is 1. The average Bonchev–Trinajstić information content (AvgIpc) is 3.72. The zero-order chi connectivity index (χ0) is 57.4. The van der Waals surface area contributed by atoms with Gasteiger partial charge in [0.2, 0.25) is 0 Å². The Kier molecular flexibility index (Phi) is 37.5. The highest BCUT2D eigenvalue weighted by Gasteiger charge is 2.43. The van der Waals surface area contributed by atoms with Gasteiger partial charge in [0.1, 0.15) is 29.4 Å². The summed E-state index contributed by atoms with van der Waals surface area (Å²) in [7, 11) is -16.9. The van der Waals surface area contributed by atoms with Crippen molar-refractivity contribution in [3.63, 3.8) is 0 Å². The molecular formula is C42H80F4N11O14P3. The van der Waals surface area contributed by atoms with E-state index < -0.39 is 101 Å². The van der Waals surface area contributed by atoms with Crippen molar-refractivity contribution in [2.45, 2.75) is 108 Å². The van der Waals surface area contributed by atoms with Crippen LogP contribution in [0.3, 0.4) is 0 Å². The molecule has 7 N–H and O–H groups in total. The number of rotatable bonds is 26. The van der Waals surface area contributed by atoms with Crippen LogP contribution in [0.15, 0.2) is 22.2 Å². The van der Waals surface area contributed by atoms with Gasteiger partial charge in [0.05, 0.1) is 12.7 Å². The molecule has 32 heteroatoms. The molecule has 2 heterocycles. The fourth-order valence-corrected chi connectivity index (χ4v) is 9.36. The second-order valence-electron chi connectivity index (χ2n) is 15.2. The summed E-state index contributed by atoms with van der Waals surface area (Å²) in [5.41, 5.74) is 4.06. The molecule has 1 aliphatic heterocycles. The van der Waals surface area contributed by atoms with Crippen LogP contribution in [0.2, 0.25) is 0 Å². The molecule has 0 bridgehead atoms. The van der Waals surface area contributed by atoms with Gasteiger partial charge in [-0.1, -0.05) is 88.2 Å². The smallest absolute Gasteiger partial charge is 0.390 e. The first kappa shape index (κ1) is 72.6. The molecule has 0 spiro atoms. The van der Waals surface area contributed by atoms with E-state index >= 15 is 0 Å². The van der Waals surface area contributed by atoms with Gasteiger partial charge in [0.15, 0.2) is 23.3 Å². The van der Waals surface area contributed by atoms with Gasteiger partial charge in [0.25, 0.3) is 5.91 Å². The molecular weight excluding hydrogens is 1050 g/mol. The number of halogens is 4. The zero-order valence-electron chi connectivity index (χ0n) is 44.5. The third-order valence-corrected chi connectivity index (χ3v) is 14.7. The Balaban J connectivity index is 0. The predicted molar refractivity (Wildman–Crippen MR) is 273 cm³/mol. The molecule has 2 aromatic rings. The van der Waals surface area contributed by atoms with Gasteiger partial charge in [-0.3, -0.25) is 13.9 Å². The number of nitrogens with zero attached hydrogens (tertiary/aromatic N) is 9. The normalized spacial score (nSPS) is 16.8. The Labute approximate surface area is 431 Å². The van der Waals surface area contributed by atoms with Crippen LogP contribution in [0.1, 0.15) is 106 Å². The van der Waals surface area contributed by atoms with Crippen molar-refractivity contribution in [3.05, 3.63) is 62.0 Å². The maximum absolute atomic E-state index is 14.1. The van der Waals surface area contributed by atoms with Crippen molar-refractivity contribution in [2.24, 2.45) is 5.11 Å². The van der Waals surface area contributed by atoms with Gasteiger partial charge in [-0.05, 0) is 90.1 Å². The lowest BCUT2D eigenvalue weighted by atomic mass is 10.1. The van der Waals surface area contributed by atoms with Crippen molar-refractivity contribution in [2.75, 3.05) is 104 Å². The second kappa shape index (κ2) is 38.2. The lowest BCUT2D eigenvalue weighted by Crippen LogP contribution is -2.32. The van der Waals surface area contributed by atoms with Crippen molar-refractivity contribution >= 4 is 40.9 Å². The van der Waals surface area contributed by atoms with Crippen LogP contribution in [0, 0.1) is 23.3 Å². The van der Waals surface area contributed by atoms with E-state index in [1.54, 1.807) is 0 Å². The van der Waals surface area contributed by atoms with Crippen molar-refractivity contribution in [3.8, 4) is 0 Å². The van der Waals surface area contributed by atoms with Crippen LogP contribution >= 0.6 is 23.5 Å². The molecule has 0 aliphatic carbocycles. The maximum atomic E-state index is 14.1. The van der Waals surface area contributed by atoms with Gasteiger partial charge in [0, 0.05) is 30.6 Å². The average molecular weight is 1130 g/mol.